The average molecular weight is 222 g/mol. The zero-order chi connectivity index (χ0) is 11.8. The lowest BCUT2D eigenvalue weighted by Crippen LogP contribution is -2.18. The van der Waals surface area contributed by atoms with Gasteiger partial charge in [-0.25, -0.2) is 0 Å². The molecule has 0 aliphatic heterocycles. The first-order valence-electron chi connectivity index (χ1n) is 6.10. The van der Waals surface area contributed by atoms with Crippen molar-refractivity contribution in [2.24, 2.45) is 5.92 Å². The lowest BCUT2D eigenvalue weighted by atomic mass is 9.82. The van der Waals surface area contributed by atoms with Gasteiger partial charge in [-0.2, -0.15) is 0 Å². The summed E-state index contributed by atoms with van der Waals surface area (Å²) in [4.78, 5) is 0. The highest BCUT2D eigenvalue weighted by atomic mass is 16.3. The molecular formula is C14H22O2. The summed E-state index contributed by atoms with van der Waals surface area (Å²) < 4.78 is 0. The van der Waals surface area contributed by atoms with Crippen LogP contribution in [0.25, 0.3) is 0 Å². The van der Waals surface area contributed by atoms with Crippen LogP contribution >= 0.6 is 0 Å². The van der Waals surface area contributed by atoms with Gasteiger partial charge >= 0.3 is 0 Å². The summed E-state index contributed by atoms with van der Waals surface area (Å²) in [6, 6.07) is 10.2. The highest BCUT2D eigenvalue weighted by Crippen LogP contribution is 2.30. The monoisotopic (exact) mass is 222 g/mol. The topological polar surface area (TPSA) is 40.5 Å². The fraction of sp³-hybridized carbons (Fsp3) is 0.571. The van der Waals surface area contributed by atoms with E-state index in [1.165, 1.54) is 5.56 Å². The van der Waals surface area contributed by atoms with Gasteiger partial charge in [0.15, 0.2) is 0 Å². The summed E-state index contributed by atoms with van der Waals surface area (Å²) in [5, 5.41) is 18.6. The van der Waals surface area contributed by atoms with Gasteiger partial charge < -0.3 is 10.2 Å². The Bertz CT molecular complexity index is 271. The predicted octanol–water partition coefficient (Wildman–Crippen LogP) is 2.56. The van der Waals surface area contributed by atoms with Gasteiger partial charge in [0.05, 0.1) is 0 Å². The van der Waals surface area contributed by atoms with Crippen molar-refractivity contribution in [2.45, 2.75) is 32.1 Å². The van der Waals surface area contributed by atoms with Gasteiger partial charge in [-0.15, -0.1) is 0 Å². The molecule has 1 rings (SSSR count). The van der Waals surface area contributed by atoms with E-state index in [9.17, 15) is 5.11 Å². The van der Waals surface area contributed by atoms with Gasteiger partial charge in [0.1, 0.15) is 0 Å². The van der Waals surface area contributed by atoms with E-state index in [0.29, 0.717) is 0 Å². The molecule has 2 atom stereocenters. The molecule has 0 heterocycles. The molecule has 0 bridgehead atoms. The smallest absolute Gasteiger partial charge is 0.0465 e. The number of rotatable bonds is 7. The van der Waals surface area contributed by atoms with E-state index in [-0.39, 0.29) is 25.0 Å². The Labute approximate surface area is 97.9 Å². The zero-order valence-corrected chi connectivity index (χ0v) is 9.97. The predicted molar refractivity (Wildman–Crippen MR) is 66.4 cm³/mol. The Morgan fingerprint density at radius 3 is 2.25 bits per heavy atom. The minimum absolute atomic E-state index is 0.180. The number of hydrogen-bond donors (Lipinski definition) is 2. The molecule has 0 radical (unpaired) electrons. The standard InChI is InChI=1S/C14H22O2/c1-2-6-13(11-16)14(9-10-15)12-7-4-3-5-8-12/h3-5,7-8,13-16H,2,6,9-11H2,1H3/t13-,14-/m0/s1. The third kappa shape index (κ3) is 3.62. The summed E-state index contributed by atoms with van der Waals surface area (Å²) in [5.41, 5.74) is 1.23. The van der Waals surface area contributed by atoms with Gasteiger partial charge in [-0.1, -0.05) is 43.7 Å². The summed E-state index contributed by atoms with van der Waals surface area (Å²) in [5.74, 6) is 0.538. The minimum atomic E-state index is 0.180. The van der Waals surface area contributed by atoms with Crippen LogP contribution in [0.1, 0.15) is 37.7 Å². The van der Waals surface area contributed by atoms with Gasteiger partial charge in [0.25, 0.3) is 0 Å². The maximum atomic E-state index is 9.43. The van der Waals surface area contributed by atoms with Crippen LogP contribution in [0.4, 0.5) is 0 Å². The second-order valence-electron chi connectivity index (χ2n) is 4.26. The summed E-state index contributed by atoms with van der Waals surface area (Å²) in [6.07, 6.45) is 2.81. The molecular weight excluding hydrogens is 200 g/mol. The minimum Gasteiger partial charge on any atom is -0.396 e. The first kappa shape index (κ1) is 13.2. The van der Waals surface area contributed by atoms with Crippen molar-refractivity contribution in [1.29, 1.82) is 0 Å². The van der Waals surface area contributed by atoms with E-state index in [1.54, 1.807) is 0 Å². The number of hydrogen-bond acceptors (Lipinski definition) is 2. The van der Waals surface area contributed by atoms with Crippen molar-refractivity contribution in [3.63, 3.8) is 0 Å². The highest BCUT2D eigenvalue weighted by Gasteiger charge is 2.21. The molecule has 0 saturated heterocycles. The molecule has 2 N–H and O–H groups in total. The van der Waals surface area contributed by atoms with Crippen molar-refractivity contribution in [3.8, 4) is 0 Å². The summed E-state index contributed by atoms with van der Waals surface area (Å²) in [6.45, 7) is 2.51. The second kappa shape index (κ2) is 7.42. The molecule has 2 heteroatoms. The first-order valence-corrected chi connectivity index (χ1v) is 6.10. The highest BCUT2D eigenvalue weighted by molar-refractivity contribution is 5.20. The Kier molecular flexibility index (Phi) is 6.12. The maximum Gasteiger partial charge on any atom is 0.0465 e. The second-order valence-corrected chi connectivity index (χ2v) is 4.26. The molecule has 16 heavy (non-hydrogen) atoms. The van der Waals surface area contributed by atoms with Gasteiger partial charge in [0.2, 0.25) is 0 Å². The first-order chi connectivity index (χ1) is 7.83. The van der Waals surface area contributed by atoms with Crippen molar-refractivity contribution < 1.29 is 10.2 Å². The molecule has 0 unspecified atom stereocenters. The molecule has 1 aromatic rings. The Hall–Kier alpha value is -0.860. The molecule has 1 aromatic carbocycles. The van der Waals surface area contributed by atoms with Crippen molar-refractivity contribution in [1.82, 2.24) is 0 Å². The molecule has 90 valence electrons. The van der Waals surface area contributed by atoms with E-state index in [4.69, 9.17) is 5.11 Å². The van der Waals surface area contributed by atoms with Crippen LogP contribution in [-0.2, 0) is 0 Å². The maximum absolute atomic E-state index is 9.43. The van der Waals surface area contributed by atoms with Crippen LogP contribution in [0.5, 0.6) is 0 Å². The van der Waals surface area contributed by atoms with Crippen LogP contribution in [0.15, 0.2) is 30.3 Å². The van der Waals surface area contributed by atoms with Crippen molar-refractivity contribution in [2.75, 3.05) is 13.2 Å². The SMILES string of the molecule is CCC[C@@H](CO)[C@@H](CCO)c1ccccc1. The van der Waals surface area contributed by atoms with E-state index in [2.05, 4.69) is 19.1 Å². The molecule has 0 fully saturated rings. The largest absolute Gasteiger partial charge is 0.396 e. The average Bonchev–Trinajstić information content (AvgIpc) is 2.35. The Morgan fingerprint density at radius 1 is 1.06 bits per heavy atom. The van der Waals surface area contributed by atoms with E-state index in [1.807, 2.05) is 18.2 Å². The third-order valence-electron chi connectivity index (χ3n) is 3.13. The molecule has 0 amide bonds. The quantitative estimate of drug-likeness (QED) is 0.744. The van der Waals surface area contributed by atoms with Gasteiger partial charge in [-0.05, 0) is 30.2 Å². The number of benzene rings is 1. The van der Waals surface area contributed by atoms with E-state index in [0.717, 1.165) is 19.3 Å². The van der Waals surface area contributed by atoms with Crippen LogP contribution < -0.4 is 0 Å². The third-order valence-corrected chi connectivity index (χ3v) is 3.13. The summed E-state index contributed by atoms with van der Waals surface area (Å²) >= 11 is 0. The number of aliphatic hydroxyl groups is 2. The zero-order valence-electron chi connectivity index (χ0n) is 9.97. The van der Waals surface area contributed by atoms with Crippen molar-refractivity contribution >= 4 is 0 Å². The van der Waals surface area contributed by atoms with Crippen molar-refractivity contribution in [3.05, 3.63) is 35.9 Å². The lowest BCUT2D eigenvalue weighted by molar-refractivity contribution is 0.173. The molecule has 0 aromatic heterocycles. The van der Waals surface area contributed by atoms with Crippen LogP contribution in [0.2, 0.25) is 0 Å². The normalized spacial score (nSPS) is 14.7. The van der Waals surface area contributed by atoms with Crippen LogP contribution in [-0.4, -0.2) is 23.4 Å². The summed E-state index contributed by atoms with van der Waals surface area (Å²) in [7, 11) is 0. The molecule has 2 nitrogen and oxygen atoms in total. The fourth-order valence-corrected chi connectivity index (χ4v) is 2.30. The molecule has 0 saturated carbocycles. The van der Waals surface area contributed by atoms with E-state index < -0.39 is 0 Å². The van der Waals surface area contributed by atoms with Gasteiger partial charge in [-0.3, -0.25) is 0 Å². The molecule has 0 aliphatic rings. The Balaban J connectivity index is 2.80. The molecule has 0 aliphatic carbocycles. The number of aliphatic hydroxyl groups excluding tert-OH is 2. The van der Waals surface area contributed by atoms with Crippen LogP contribution in [0.3, 0.4) is 0 Å². The lowest BCUT2D eigenvalue weighted by Gasteiger charge is -2.25. The van der Waals surface area contributed by atoms with E-state index >= 15 is 0 Å². The Morgan fingerprint density at radius 2 is 1.75 bits per heavy atom. The fourth-order valence-electron chi connectivity index (χ4n) is 2.30. The van der Waals surface area contributed by atoms with Crippen LogP contribution in [0, 0.1) is 5.92 Å². The molecule has 0 spiro atoms. The van der Waals surface area contributed by atoms with Gasteiger partial charge in [0, 0.05) is 13.2 Å².